The third kappa shape index (κ3) is 4.67. The molecule has 0 aliphatic heterocycles. The van der Waals surface area contributed by atoms with Crippen LogP contribution in [0.2, 0.25) is 0 Å². The van der Waals surface area contributed by atoms with Gasteiger partial charge in [0.2, 0.25) is 5.91 Å². The maximum Gasteiger partial charge on any atom is 0.277 e. The van der Waals surface area contributed by atoms with Crippen molar-refractivity contribution in [2.75, 3.05) is 23.0 Å². The van der Waals surface area contributed by atoms with Crippen molar-refractivity contribution in [2.45, 2.75) is 12.1 Å². The van der Waals surface area contributed by atoms with Gasteiger partial charge in [-0.2, -0.15) is 0 Å². The van der Waals surface area contributed by atoms with Gasteiger partial charge in [-0.15, -0.1) is 0 Å². The molecule has 4 N–H and O–H groups in total. The molecule has 2 rings (SSSR count). The van der Waals surface area contributed by atoms with E-state index in [1.165, 1.54) is 6.92 Å². The van der Waals surface area contributed by atoms with E-state index in [-0.39, 0.29) is 23.3 Å². The second kappa shape index (κ2) is 8.27. The number of anilines is 2. The van der Waals surface area contributed by atoms with E-state index in [0.29, 0.717) is 11.3 Å². The molecule has 9 heteroatoms. The molecule has 1 heterocycles. The van der Waals surface area contributed by atoms with Crippen LogP contribution in [0, 0.1) is 0 Å². The van der Waals surface area contributed by atoms with Crippen LogP contribution < -0.4 is 16.2 Å². The number of benzene rings is 1. The highest BCUT2D eigenvalue weighted by Crippen LogP contribution is 2.19. The quantitative estimate of drug-likeness (QED) is 0.457. The number of nitrogens with zero attached hydrogens (tertiary/aromatic N) is 1. The number of carbonyl (C=O) groups excluding carboxylic acids is 2. The molecule has 126 valence electrons. The van der Waals surface area contributed by atoms with Gasteiger partial charge in [0.25, 0.3) is 11.5 Å². The molecular formula is C15H16N4O4S. The number of hydrogen-bond acceptors (Lipinski definition) is 6. The Morgan fingerprint density at radius 3 is 2.58 bits per heavy atom. The monoisotopic (exact) mass is 348 g/mol. The first-order chi connectivity index (χ1) is 11.5. The van der Waals surface area contributed by atoms with Gasteiger partial charge in [-0.1, -0.05) is 30.0 Å². The summed E-state index contributed by atoms with van der Waals surface area (Å²) < 4.78 is 0. The normalized spacial score (nSPS) is 10.2. The van der Waals surface area contributed by atoms with Crippen LogP contribution in [0.25, 0.3) is 0 Å². The molecule has 1 aromatic carbocycles. The molecule has 2 amide bonds. The highest BCUT2D eigenvalue weighted by atomic mass is 32.2. The van der Waals surface area contributed by atoms with Gasteiger partial charge < -0.3 is 15.7 Å². The van der Waals surface area contributed by atoms with Crippen LogP contribution in [0.15, 0.2) is 40.3 Å². The number of thioether (sulfide) groups is 1. The van der Waals surface area contributed by atoms with Crippen molar-refractivity contribution in [1.82, 2.24) is 9.97 Å². The lowest BCUT2D eigenvalue weighted by atomic mass is 10.2. The summed E-state index contributed by atoms with van der Waals surface area (Å²) in [7, 11) is 0. The Hall–Kier alpha value is -2.65. The van der Waals surface area contributed by atoms with Gasteiger partial charge in [0.15, 0.2) is 16.7 Å². The molecule has 0 aliphatic carbocycles. The number of aliphatic hydroxyl groups excluding tert-OH is 1. The molecule has 0 saturated carbocycles. The average Bonchev–Trinajstić information content (AvgIpc) is 2.56. The van der Waals surface area contributed by atoms with Crippen molar-refractivity contribution in [3.8, 4) is 0 Å². The summed E-state index contributed by atoms with van der Waals surface area (Å²) in [6.45, 7) is 1.18. The number of aromatic amines is 1. The van der Waals surface area contributed by atoms with Gasteiger partial charge >= 0.3 is 0 Å². The Kier molecular flexibility index (Phi) is 6.10. The minimum Gasteiger partial charge on any atom is -0.396 e. The van der Waals surface area contributed by atoms with Crippen molar-refractivity contribution in [3.63, 3.8) is 0 Å². The van der Waals surface area contributed by atoms with Gasteiger partial charge in [-0.05, 0) is 12.1 Å². The zero-order valence-electron chi connectivity index (χ0n) is 12.8. The number of hydrogen-bond donors (Lipinski definition) is 4. The maximum absolute atomic E-state index is 12.2. The van der Waals surface area contributed by atoms with Gasteiger partial charge in [-0.3, -0.25) is 19.4 Å². The van der Waals surface area contributed by atoms with Gasteiger partial charge in [0.05, 0.1) is 6.61 Å². The Bertz CT molecular complexity index is 792. The summed E-state index contributed by atoms with van der Waals surface area (Å²) in [6, 6.07) is 8.35. The number of nitrogens with one attached hydrogen (secondary N) is 3. The largest absolute Gasteiger partial charge is 0.396 e. The third-order valence-corrected chi connectivity index (χ3v) is 3.65. The minimum atomic E-state index is -0.599. The molecule has 0 unspecified atom stereocenters. The molecule has 0 radical (unpaired) electrons. The van der Waals surface area contributed by atoms with Crippen molar-refractivity contribution in [2.24, 2.45) is 0 Å². The number of aliphatic hydroxyl groups is 1. The summed E-state index contributed by atoms with van der Waals surface area (Å²) in [5.41, 5.74) is -0.379. The van der Waals surface area contributed by atoms with E-state index in [4.69, 9.17) is 5.11 Å². The van der Waals surface area contributed by atoms with Crippen LogP contribution >= 0.6 is 11.8 Å². The number of carbonyl (C=O) groups is 2. The van der Waals surface area contributed by atoms with Crippen molar-refractivity contribution < 1.29 is 14.7 Å². The first kappa shape index (κ1) is 17.7. The van der Waals surface area contributed by atoms with Crippen LogP contribution in [0.1, 0.15) is 17.3 Å². The van der Waals surface area contributed by atoms with Crippen molar-refractivity contribution in [3.05, 3.63) is 46.2 Å². The third-order valence-electron chi connectivity index (χ3n) is 2.80. The standard InChI is InChI=1S/C15H16N4O4S/c1-9(21)16-12-11(14(23)19-15(18-12)24-8-7-20)17-13(22)10-5-3-2-4-6-10/h2-6,20H,7-8H2,1H3,(H,17,22)(H2,16,18,19,21,23). The zero-order chi connectivity index (χ0) is 17.5. The van der Waals surface area contributed by atoms with E-state index < -0.39 is 17.4 Å². The van der Waals surface area contributed by atoms with Crippen LogP contribution in [0.3, 0.4) is 0 Å². The number of H-pyrrole nitrogens is 1. The van der Waals surface area contributed by atoms with E-state index in [0.717, 1.165) is 11.8 Å². The summed E-state index contributed by atoms with van der Waals surface area (Å²) in [5, 5.41) is 14.0. The summed E-state index contributed by atoms with van der Waals surface area (Å²) in [5.74, 6) is -0.638. The first-order valence-corrected chi connectivity index (χ1v) is 8.01. The molecule has 0 fully saturated rings. The van der Waals surface area contributed by atoms with Crippen LogP contribution in [0.4, 0.5) is 11.5 Å². The summed E-state index contributed by atoms with van der Waals surface area (Å²) >= 11 is 1.12. The highest BCUT2D eigenvalue weighted by molar-refractivity contribution is 7.99. The number of aromatic nitrogens is 2. The van der Waals surface area contributed by atoms with Crippen molar-refractivity contribution >= 4 is 35.1 Å². The summed E-state index contributed by atoms with van der Waals surface area (Å²) in [4.78, 5) is 42.4. The minimum absolute atomic E-state index is 0.0454. The fourth-order valence-corrected chi connectivity index (χ4v) is 2.42. The van der Waals surface area contributed by atoms with E-state index in [1.54, 1.807) is 30.3 Å². The molecule has 24 heavy (non-hydrogen) atoms. The highest BCUT2D eigenvalue weighted by Gasteiger charge is 2.16. The molecule has 0 atom stereocenters. The van der Waals surface area contributed by atoms with Crippen LogP contribution in [-0.2, 0) is 4.79 Å². The molecule has 0 bridgehead atoms. The Balaban J connectivity index is 2.34. The predicted molar refractivity (Wildman–Crippen MR) is 91.4 cm³/mol. The van der Waals surface area contributed by atoms with Gasteiger partial charge in [-0.25, -0.2) is 4.98 Å². The first-order valence-electron chi connectivity index (χ1n) is 7.03. The summed E-state index contributed by atoms with van der Waals surface area (Å²) in [6.07, 6.45) is 0. The molecule has 1 aromatic heterocycles. The number of amides is 2. The van der Waals surface area contributed by atoms with Crippen molar-refractivity contribution in [1.29, 1.82) is 0 Å². The molecule has 0 spiro atoms. The molecular weight excluding hydrogens is 332 g/mol. The Labute approximate surface area is 141 Å². The fraction of sp³-hybridized carbons (Fsp3) is 0.200. The predicted octanol–water partition coefficient (Wildman–Crippen LogP) is 1.06. The van der Waals surface area contributed by atoms with Crippen LogP contribution in [0.5, 0.6) is 0 Å². The SMILES string of the molecule is CC(=O)Nc1nc(SCCO)[nH]c(=O)c1NC(=O)c1ccccc1. The lowest BCUT2D eigenvalue weighted by Crippen LogP contribution is -2.24. The van der Waals surface area contributed by atoms with Gasteiger partial charge in [0.1, 0.15) is 0 Å². The van der Waals surface area contributed by atoms with E-state index in [2.05, 4.69) is 20.6 Å². The Morgan fingerprint density at radius 1 is 1.25 bits per heavy atom. The van der Waals surface area contributed by atoms with E-state index >= 15 is 0 Å². The van der Waals surface area contributed by atoms with E-state index in [9.17, 15) is 14.4 Å². The molecule has 0 saturated heterocycles. The molecule has 2 aromatic rings. The fourth-order valence-electron chi connectivity index (χ4n) is 1.81. The molecule has 8 nitrogen and oxygen atoms in total. The Morgan fingerprint density at radius 2 is 1.96 bits per heavy atom. The van der Waals surface area contributed by atoms with Crippen LogP contribution in [-0.4, -0.2) is 39.2 Å². The second-order valence-electron chi connectivity index (χ2n) is 4.67. The lowest BCUT2D eigenvalue weighted by molar-refractivity contribution is -0.114. The lowest BCUT2D eigenvalue weighted by Gasteiger charge is -2.11. The molecule has 0 aliphatic rings. The average molecular weight is 348 g/mol. The smallest absolute Gasteiger partial charge is 0.277 e. The topological polar surface area (TPSA) is 124 Å². The zero-order valence-corrected chi connectivity index (χ0v) is 13.6. The second-order valence-corrected chi connectivity index (χ2v) is 5.75. The maximum atomic E-state index is 12.2. The van der Waals surface area contributed by atoms with E-state index in [1.807, 2.05) is 0 Å². The van der Waals surface area contributed by atoms with Gasteiger partial charge in [0, 0.05) is 18.2 Å². The number of rotatable bonds is 6.